The average molecular weight is 278 g/mol. The molecule has 19 heavy (non-hydrogen) atoms. The molecule has 0 atom stereocenters. The molecule has 0 bridgehead atoms. The predicted molar refractivity (Wildman–Crippen MR) is 85.9 cm³/mol. The number of hydrogen-bond acceptors (Lipinski definition) is 2. The minimum Gasteiger partial charge on any atom is -0.494 e. The Hall–Kier alpha value is -1.55. The highest BCUT2D eigenvalue weighted by Crippen LogP contribution is 2.16. The number of anilines is 1. The Morgan fingerprint density at radius 3 is 2.42 bits per heavy atom. The second-order valence-corrected chi connectivity index (χ2v) is 4.75. The summed E-state index contributed by atoms with van der Waals surface area (Å²) in [4.78, 5) is 2.08. The largest absolute Gasteiger partial charge is 0.494 e. The quantitative estimate of drug-likeness (QED) is 0.634. The Morgan fingerprint density at radius 2 is 1.95 bits per heavy atom. The number of nitrogens with one attached hydrogen (secondary N) is 1. The minimum atomic E-state index is 0.674. The maximum atomic E-state index is 5.40. The zero-order valence-corrected chi connectivity index (χ0v) is 12.7. The molecule has 0 aromatic heterocycles. The van der Waals surface area contributed by atoms with Gasteiger partial charge in [-0.15, -0.1) is 0 Å². The number of nitrogens with zero attached hydrogens (tertiary/aromatic N) is 1. The second kappa shape index (κ2) is 7.79. The molecule has 1 aromatic carbocycles. The number of thiocarbonyl (C=S) groups is 1. The molecule has 0 saturated carbocycles. The molecule has 1 aromatic rings. The van der Waals surface area contributed by atoms with Crippen molar-refractivity contribution in [3.8, 4) is 5.75 Å². The van der Waals surface area contributed by atoms with Crippen LogP contribution in [0.5, 0.6) is 5.75 Å². The molecule has 0 aliphatic heterocycles. The second-order valence-electron chi connectivity index (χ2n) is 4.36. The van der Waals surface area contributed by atoms with Gasteiger partial charge in [0.1, 0.15) is 5.75 Å². The summed E-state index contributed by atoms with van der Waals surface area (Å²) >= 11 is 5.40. The fourth-order valence-electron chi connectivity index (χ4n) is 1.66. The average Bonchev–Trinajstić information content (AvgIpc) is 2.38. The monoisotopic (exact) mass is 278 g/mol. The summed E-state index contributed by atoms with van der Waals surface area (Å²) in [5, 5.41) is 3.95. The molecule has 0 aliphatic rings. The third-order valence-electron chi connectivity index (χ3n) is 2.55. The Labute approximate surface area is 121 Å². The van der Waals surface area contributed by atoms with Crippen LogP contribution in [0, 0.1) is 0 Å². The van der Waals surface area contributed by atoms with E-state index >= 15 is 0 Å². The van der Waals surface area contributed by atoms with Crippen molar-refractivity contribution < 1.29 is 4.74 Å². The van der Waals surface area contributed by atoms with E-state index in [1.165, 1.54) is 0 Å². The van der Waals surface area contributed by atoms with Crippen LogP contribution < -0.4 is 10.1 Å². The lowest BCUT2D eigenvalue weighted by atomic mass is 10.3. The van der Waals surface area contributed by atoms with Gasteiger partial charge in [-0.3, -0.25) is 0 Å². The van der Waals surface area contributed by atoms with Crippen LogP contribution in [0.2, 0.25) is 0 Å². The van der Waals surface area contributed by atoms with Gasteiger partial charge in [-0.25, -0.2) is 0 Å². The van der Waals surface area contributed by atoms with Crippen molar-refractivity contribution in [1.82, 2.24) is 4.90 Å². The lowest BCUT2D eigenvalue weighted by Gasteiger charge is -2.24. The first-order valence-corrected chi connectivity index (χ1v) is 6.90. The van der Waals surface area contributed by atoms with Crippen LogP contribution >= 0.6 is 12.2 Å². The zero-order valence-electron chi connectivity index (χ0n) is 11.9. The fraction of sp³-hybridized carbons (Fsp3) is 0.400. The van der Waals surface area contributed by atoms with Gasteiger partial charge in [0, 0.05) is 18.8 Å². The third kappa shape index (κ3) is 5.30. The van der Waals surface area contributed by atoms with E-state index in [1.807, 2.05) is 38.1 Å². The van der Waals surface area contributed by atoms with E-state index in [9.17, 15) is 0 Å². The van der Waals surface area contributed by atoms with Crippen LogP contribution in [0.25, 0.3) is 0 Å². The van der Waals surface area contributed by atoms with Crippen molar-refractivity contribution in [2.45, 2.75) is 20.8 Å². The van der Waals surface area contributed by atoms with Crippen LogP contribution in [0.1, 0.15) is 20.8 Å². The molecule has 1 N–H and O–H groups in total. The summed E-state index contributed by atoms with van der Waals surface area (Å²) in [6, 6.07) is 7.80. The van der Waals surface area contributed by atoms with Gasteiger partial charge in [-0.05, 0) is 57.3 Å². The van der Waals surface area contributed by atoms with Crippen molar-refractivity contribution in [2.24, 2.45) is 0 Å². The first-order valence-electron chi connectivity index (χ1n) is 6.50. The van der Waals surface area contributed by atoms with Gasteiger partial charge in [0.05, 0.1) is 6.61 Å². The van der Waals surface area contributed by atoms with Crippen LogP contribution in [0.4, 0.5) is 5.69 Å². The summed E-state index contributed by atoms with van der Waals surface area (Å²) in [6.45, 7) is 12.3. The highest BCUT2D eigenvalue weighted by atomic mass is 32.1. The summed E-state index contributed by atoms with van der Waals surface area (Å²) < 4.78 is 5.40. The lowest BCUT2D eigenvalue weighted by Crippen LogP contribution is -2.35. The molecule has 3 nitrogen and oxygen atoms in total. The highest BCUT2D eigenvalue weighted by Gasteiger charge is 2.07. The number of hydrogen-bond donors (Lipinski definition) is 1. The molecule has 0 fully saturated rings. The number of benzene rings is 1. The van der Waals surface area contributed by atoms with E-state index in [0.717, 1.165) is 35.2 Å². The lowest BCUT2D eigenvalue weighted by molar-refractivity contribution is 0.340. The van der Waals surface area contributed by atoms with Gasteiger partial charge in [-0.1, -0.05) is 12.2 Å². The highest BCUT2D eigenvalue weighted by molar-refractivity contribution is 7.80. The molecule has 0 heterocycles. The van der Waals surface area contributed by atoms with E-state index < -0.39 is 0 Å². The van der Waals surface area contributed by atoms with Crippen LogP contribution in [-0.2, 0) is 0 Å². The summed E-state index contributed by atoms with van der Waals surface area (Å²) in [5.74, 6) is 0.869. The molecular formula is C15H22N2OS. The van der Waals surface area contributed by atoms with Gasteiger partial charge in [0.15, 0.2) is 5.11 Å². The Bertz CT molecular complexity index is 428. The Kier molecular flexibility index (Phi) is 6.36. The smallest absolute Gasteiger partial charge is 0.173 e. The predicted octanol–water partition coefficient (Wildman–Crippen LogP) is 3.68. The molecule has 0 spiro atoms. The summed E-state index contributed by atoms with van der Waals surface area (Å²) in [7, 11) is 0. The van der Waals surface area contributed by atoms with Crippen molar-refractivity contribution in [3.63, 3.8) is 0 Å². The van der Waals surface area contributed by atoms with E-state index in [-0.39, 0.29) is 0 Å². The van der Waals surface area contributed by atoms with Gasteiger partial charge in [0.2, 0.25) is 0 Å². The Morgan fingerprint density at radius 1 is 1.32 bits per heavy atom. The van der Waals surface area contributed by atoms with E-state index in [2.05, 4.69) is 23.7 Å². The van der Waals surface area contributed by atoms with Crippen molar-refractivity contribution in [3.05, 3.63) is 36.4 Å². The maximum absolute atomic E-state index is 5.40. The van der Waals surface area contributed by atoms with Crippen LogP contribution in [0.15, 0.2) is 36.4 Å². The van der Waals surface area contributed by atoms with Crippen LogP contribution in [-0.4, -0.2) is 29.7 Å². The SMILES string of the molecule is C=C(C)CN(CC)C(=S)Nc1ccc(OCC)cc1. The molecule has 0 unspecified atom stereocenters. The number of rotatable bonds is 6. The van der Waals surface area contributed by atoms with Crippen molar-refractivity contribution in [1.29, 1.82) is 0 Å². The number of likely N-dealkylation sites (N-methyl/N-ethyl adjacent to an activating group) is 1. The van der Waals surface area contributed by atoms with Gasteiger partial charge in [-0.2, -0.15) is 0 Å². The normalized spacial score (nSPS) is 9.84. The maximum Gasteiger partial charge on any atom is 0.173 e. The Balaban J connectivity index is 2.62. The van der Waals surface area contributed by atoms with E-state index in [0.29, 0.717) is 6.61 Å². The third-order valence-corrected chi connectivity index (χ3v) is 2.91. The fourth-order valence-corrected chi connectivity index (χ4v) is 1.97. The van der Waals surface area contributed by atoms with E-state index in [1.54, 1.807) is 0 Å². The molecule has 1 rings (SSSR count). The first kappa shape index (κ1) is 15.5. The molecule has 0 radical (unpaired) electrons. The van der Waals surface area contributed by atoms with Crippen molar-refractivity contribution in [2.75, 3.05) is 25.0 Å². The van der Waals surface area contributed by atoms with Gasteiger partial charge < -0.3 is 15.0 Å². The first-order chi connectivity index (χ1) is 9.06. The van der Waals surface area contributed by atoms with Gasteiger partial charge >= 0.3 is 0 Å². The molecule has 104 valence electrons. The van der Waals surface area contributed by atoms with Gasteiger partial charge in [0.25, 0.3) is 0 Å². The topological polar surface area (TPSA) is 24.5 Å². The molecule has 4 heteroatoms. The van der Waals surface area contributed by atoms with Crippen molar-refractivity contribution >= 4 is 23.0 Å². The molecular weight excluding hydrogens is 256 g/mol. The zero-order chi connectivity index (χ0) is 14.3. The number of ether oxygens (including phenoxy) is 1. The summed E-state index contributed by atoms with van der Waals surface area (Å²) in [6.07, 6.45) is 0. The minimum absolute atomic E-state index is 0.674. The summed E-state index contributed by atoms with van der Waals surface area (Å²) in [5.41, 5.74) is 2.06. The van der Waals surface area contributed by atoms with Crippen LogP contribution in [0.3, 0.4) is 0 Å². The standard InChI is InChI=1S/C15H22N2OS/c1-5-17(11-12(3)4)15(19)16-13-7-9-14(10-8-13)18-6-2/h7-10H,3,5-6,11H2,1-2,4H3,(H,16,19). The molecule has 0 aliphatic carbocycles. The van der Waals surface area contributed by atoms with E-state index in [4.69, 9.17) is 17.0 Å². The molecule has 0 saturated heterocycles. The molecule has 0 amide bonds.